The van der Waals surface area contributed by atoms with Crippen LogP contribution >= 0.6 is 0 Å². The third-order valence-corrected chi connectivity index (χ3v) is 4.30. The second-order valence-corrected chi connectivity index (χ2v) is 6.75. The molecule has 1 aliphatic heterocycles. The first-order valence-corrected chi connectivity index (χ1v) is 7.00. The molecule has 1 heterocycles. The molecule has 2 N–H and O–H groups in total. The SMILES string of the molecule is CC1CCNC(C(=O)NC2CCC(C)(C)C2)C1. The van der Waals surface area contributed by atoms with Crippen molar-refractivity contribution in [2.45, 2.75) is 65.0 Å². The van der Waals surface area contributed by atoms with Gasteiger partial charge in [0.05, 0.1) is 6.04 Å². The van der Waals surface area contributed by atoms with E-state index < -0.39 is 0 Å². The van der Waals surface area contributed by atoms with Gasteiger partial charge in [-0.3, -0.25) is 4.79 Å². The fourth-order valence-corrected chi connectivity index (χ4v) is 3.17. The van der Waals surface area contributed by atoms with Crippen LogP contribution in [0.5, 0.6) is 0 Å². The smallest absolute Gasteiger partial charge is 0.237 e. The first kappa shape index (κ1) is 12.9. The standard InChI is InChI=1S/C14H26N2O/c1-10-5-7-15-12(8-10)13(17)16-11-4-6-14(2,3)9-11/h10-12,15H,4-9H2,1-3H3,(H,16,17). The van der Waals surface area contributed by atoms with Crippen molar-refractivity contribution in [2.24, 2.45) is 11.3 Å². The minimum atomic E-state index is 0.0439. The number of amides is 1. The second-order valence-electron chi connectivity index (χ2n) is 6.75. The topological polar surface area (TPSA) is 41.1 Å². The van der Waals surface area contributed by atoms with Crippen molar-refractivity contribution >= 4 is 5.91 Å². The lowest BCUT2D eigenvalue weighted by Crippen LogP contribution is -2.50. The summed E-state index contributed by atoms with van der Waals surface area (Å²) in [6.07, 6.45) is 5.68. The Labute approximate surface area is 105 Å². The summed E-state index contributed by atoms with van der Waals surface area (Å²) in [6, 6.07) is 0.444. The number of rotatable bonds is 2. The number of piperidine rings is 1. The van der Waals surface area contributed by atoms with Crippen LogP contribution in [0.15, 0.2) is 0 Å². The van der Waals surface area contributed by atoms with Gasteiger partial charge in [-0.1, -0.05) is 20.8 Å². The number of hydrogen-bond donors (Lipinski definition) is 2. The molecule has 1 aliphatic carbocycles. The summed E-state index contributed by atoms with van der Waals surface area (Å²) in [5.41, 5.74) is 0.408. The highest BCUT2D eigenvalue weighted by Crippen LogP contribution is 2.36. The van der Waals surface area contributed by atoms with Gasteiger partial charge in [0.1, 0.15) is 0 Å². The molecule has 3 atom stereocenters. The van der Waals surface area contributed by atoms with Gasteiger partial charge in [0.25, 0.3) is 0 Å². The normalized spacial score (nSPS) is 36.8. The molecular weight excluding hydrogens is 212 g/mol. The van der Waals surface area contributed by atoms with E-state index in [1.165, 1.54) is 12.8 Å². The number of carbonyl (C=O) groups is 1. The molecule has 0 spiro atoms. The molecule has 2 aliphatic rings. The molecule has 0 aromatic carbocycles. The number of hydrogen-bond acceptors (Lipinski definition) is 2. The van der Waals surface area contributed by atoms with Crippen LogP contribution in [0.4, 0.5) is 0 Å². The van der Waals surface area contributed by atoms with Gasteiger partial charge in [-0.2, -0.15) is 0 Å². The number of nitrogens with one attached hydrogen (secondary N) is 2. The zero-order valence-corrected chi connectivity index (χ0v) is 11.4. The van der Waals surface area contributed by atoms with E-state index in [1.807, 2.05) is 0 Å². The Kier molecular flexibility index (Phi) is 3.76. The molecule has 1 saturated carbocycles. The van der Waals surface area contributed by atoms with Crippen LogP contribution in [0.2, 0.25) is 0 Å². The molecule has 0 aromatic heterocycles. The Hall–Kier alpha value is -0.570. The molecule has 2 fully saturated rings. The molecule has 3 heteroatoms. The van der Waals surface area contributed by atoms with Crippen LogP contribution in [0.1, 0.15) is 52.9 Å². The van der Waals surface area contributed by atoms with Gasteiger partial charge in [-0.05, 0) is 50.0 Å². The summed E-state index contributed by atoms with van der Waals surface area (Å²) < 4.78 is 0. The van der Waals surface area contributed by atoms with E-state index in [4.69, 9.17) is 0 Å². The lowest BCUT2D eigenvalue weighted by Gasteiger charge is -2.28. The summed E-state index contributed by atoms with van der Waals surface area (Å²) >= 11 is 0. The summed E-state index contributed by atoms with van der Waals surface area (Å²) in [5, 5.41) is 6.56. The van der Waals surface area contributed by atoms with Crippen molar-refractivity contribution in [2.75, 3.05) is 6.54 Å². The highest BCUT2D eigenvalue weighted by Gasteiger charge is 2.33. The van der Waals surface area contributed by atoms with Crippen molar-refractivity contribution in [1.82, 2.24) is 10.6 Å². The van der Waals surface area contributed by atoms with Crippen LogP contribution < -0.4 is 10.6 Å². The largest absolute Gasteiger partial charge is 0.352 e. The number of carbonyl (C=O) groups excluding carboxylic acids is 1. The third-order valence-electron chi connectivity index (χ3n) is 4.30. The average molecular weight is 238 g/mol. The van der Waals surface area contributed by atoms with Crippen LogP contribution in [0.3, 0.4) is 0 Å². The van der Waals surface area contributed by atoms with E-state index in [9.17, 15) is 4.79 Å². The molecule has 1 saturated heterocycles. The Bertz CT molecular complexity index is 288. The highest BCUT2D eigenvalue weighted by molar-refractivity contribution is 5.82. The predicted octanol–water partition coefficient (Wildman–Crippen LogP) is 2.07. The lowest BCUT2D eigenvalue weighted by atomic mass is 9.91. The summed E-state index contributed by atoms with van der Waals surface area (Å²) in [5.74, 6) is 0.895. The van der Waals surface area contributed by atoms with Gasteiger partial charge in [0.2, 0.25) is 5.91 Å². The third kappa shape index (κ3) is 3.44. The molecule has 2 rings (SSSR count). The predicted molar refractivity (Wildman–Crippen MR) is 69.8 cm³/mol. The average Bonchev–Trinajstić information content (AvgIpc) is 2.58. The summed E-state index contributed by atoms with van der Waals surface area (Å²) in [6.45, 7) is 7.80. The fourth-order valence-electron chi connectivity index (χ4n) is 3.17. The first-order chi connectivity index (χ1) is 7.96. The van der Waals surface area contributed by atoms with E-state index in [0.717, 1.165) is 25.8 Å². The van der Waals surface area contributed by atoms with Gasteiger partial charge >= 0.3 is 0 Å². The molecule has 1 amide bonds. The van der Waals surface area contributed by atoms with Gasteiger partial charge < -0.3 is 10.6 Å². The highest BCUT2D eigenvalue weighted by atomic mass is 16.2. The maximum Gasteiger partial charge on any atom is 0.237 e. The van der Waals surface area contributed by atoms with Gasteiger partial charge in [0, 0.05) is 6.04 Å². The Balaban J connectivity index is 1.81. The Morgan fingerprint density at radius 3 is 2.71 bits per heavy atom. The Morgan fingerprint density at radius 1 is 1.35 bits per heavy atom. The molecule has 98 valence electrons. The van der Waals surface area contributed by atoms with Crippen LogP contribution in [0.25, 0.3) is 0 Å². The van der Waals surface area contributed by atoms with Crippen LogP contribution in [0, 0.1) is 11.3 Å². The molecule has 17 heavy (non-hydrogen) atoms. The second kappa shape index (κ2) is 4.97. The first-order valence-electron chi connectivity index (χ1n) is 7.00. The van der Waals surface area contributed by atoms with Gasteiger partial charge in [-0.15, -0.1) is 0 Å². The maximum atomic E-state index is 12.1. The van der Waals surface area contributed by atoms with E-state index >= 15 is 0 Å². The lowest BCUT2D eigenvalue weighted by molar-refractivity contribution is -0.124. The minimum Gasteiger partial charge on any atom is -0.352 e. The molecule has 0 bridgehead atoms. The molecule has 0 aromatic rings. The molecule has 3 unspecified atom stereocenters. The quantitative estimate of drug-likeness (QED) is 0.773. The fraction of sp³-hybridized carbons (Fsp3) is 0.929. The Morgan fingerprint density at radius 2 is 2.12 bits per heavy atom. The van der Waals surface area contributed by atoms with E-state index in [1.54, 1.807) is 0 Å². The summed E-state index contributed by atoms with van der Waals surface area (Å²) in [4.78, 5) is 12.1. The van der Waals surface area contributed by atoms with Gasteiger partial charge in [-0.25, -0.2) is 0 Å². The van der Waals surface area contributed by atoms with E-state index in [0.29, 0.717) is 17.4 Å². The molecular formula is C14H26N2O. The van der Waals surface area contributed by atoms with Crippen molar-refractivity contribution < 1.29 is 4.79 Å². The van der Waals surface area contributed by atoms with E-state index in [-0.39, 0.29) is 11.9 Å². The van der Waals surface area contributed by atoms with Crippen LogP contribution in [-0.2, 0) is 4.79 Å². The van der Waals surface area contributed by atoms with Gasteiger partial charge in [0.15, 0.2) is 0 Å². The summed E-state index contributed by atoms with van der Waals surface area (Å²) in [7, 11) is 0. The minimum absolute atomic E-state index is 0.0439. The monoisotopic (exact) mass is 238 g/mol. The molecule has 0 radical (unpaired) electrons. The van der Waals surface area contributed by atoms with Crippen molar-refractivity contribution in [3.63, 3.8) is 0 Å². The zero-order chi connectivity index (χ0) is 12.5. The molecule has 3 nitrogen and oxygen atoms in total. The maximum absolute atomic E-state index is 12.1. The van der Waals surface area contributed by atoms with E-state index in [2.05, 4.69) is 31.4 Å². The van der Waals surface area contributed by atoms with Crippen molar-refractivity contribution in [3.8, 4) is 0 Å². The van der Waals surface area contributed by atoms with Crippen molar-refractivity contribution in [1.29, 1.82) is 0 Å². The zero-order valence-electron chi connectivity index (χ0n) is 11.4. The van der Waals surface area contributed by atoms with Crippen LogP contribution in [-0.4, -0.2) is 24.5 Å². The van der Waals surface area contributed by atoms with Crippen molar-refractivity contribution in [3.05, 3.63) is 0 Å².